The Bertz CT molecular complexity index is 330. The Morgan fingerprint density at radius 2 is 2.13 bits per heavy atom. The highest BCUT2D eigenvalue weighted by molar-refractivity contribution is 5.21. The summed E-state index contributed by atoms with van der Waals surface area (Å²) in [6.45, 7) is 1.84. The van der Waals surface area contributed by atoms with Crippen molar-refractivity contribution in [2.75, 3.05) is 0 Å². The van der Waals surface area contributed by atoms with Gasteiger partial charge >= 0.3 is 6.18 Å². The van der Waals surface area contributed by atoms with E-state index in [1.807, 2.05) is 6.92 Å². The molecular weight excluding hydrogens is 207 g/mol. The highest BCUT2D eigenvalue weighted by Gasteiger charge is 2.32. The first kappa shape index (κ1) is 12.0. The van der Waals surface area contributed by atoms with Crippen LogP contribution in [0.25, 0.3) is 0 Å². The van der Waals surface area contributed by atoms with E-state index >= 15 is 0 Å². The van der Waals surface area contributed by atoms with Crippen molar-refractivity contribution in [3.8, 4) is 0 Å². The number of aromatic nitrogens is 2. The van der Waals surface area contributed by atoms with Crippen LogP contribution in [0.15, 0.2) is 6.20 Å². The second kappa shape index (κ2) is 4.22. The SMILES string of the molecule is CCc1nn(C)cc1[C@@H](N)CC(F)(F)F. The van der Waals surface area contributed by atoms with E-state index < -0.39 is 18.6 Å². The lowest BCUT2D eigenvalue weighted by Gasteiger charge is -2.13. The number of nitrogens with two attached hydrogens (primary N) is 1. The molecule has 1 heterocycles. The van der Waals surface area contributed by atoms with E-state index in [4.69, 9.17) is 5.73 Å². The van der Waals surface area contributed by atoms with Gasteiger partial charge in [0.25, 0.3) is 0 Å². The first-order chi connectivity index (χ1) is 6.83. The normalized spacial score (nSPS) is 14.3. The second-order valence-electron chi connectivity index (χ2n) is 3.48. The molecule has 0 saturated heterocycles. The third-order valence-electron chi connectivity index (χ3n) is 2.12. The zero-order chi connectivity index (χ0) is 11.6. The Labute approximate surface area is 86.1 Å². The van der Waals surface area contributed by atoms with E-state index in [1.165, 1.54) is 4.68 Å². The average molecular weight is 221 g/mol. The predicted molar refractivity (Wildman–Crippen MR) is 50.2 cm³/mol. The lowest BCUT2D eigenvalue weighted by Crippen LogP contribution is -2.20. The zero-order valence-corrected chi connectivity index (χ0v) is 8.67. The van der Waals surface area contributed by atoms with Crippen molar-refractivity contribution in [1.29, 1.82) is 0 Å². The van der Waals surface area contributed by atoms with Crippen LogP contribution in [0.5, 0.6) is 0 Å². The van der Waals surface area contributed by atoms with E-state index in [0.29, 0.717) is 17.7 Å². The first-order valence-electron chi connectivity index (χ1n) is 4.68. The van der Waals surface area contributed by atoms with Crippen molar-refractivity contribution < 1.29 is 13.2 Å². The topological polar surface area (TPSA) is 43.8 Å². The average Bonchev–Trinajstić information content (AvgIpc) is 2.43. The van der Waals surface area contributed by atoms with Crippen molar-refractivity contribution in [2.24, 2.45) is 12.8 Å². The third kappa shape index (κ3) is 3.23. The molecule has 0 aromatic carbocycles. The summed E-state index contributed by atoms with van der Waals surface area (Å²) in [6, 6.07) is -1.02. The van der Waals surface area contributed by atoms with Crippen LogP contribution >= 0.6 is 0 Å². The fourth-order valence-electron chi connectivity index (χ4n) is 1.50. The van der Waals surface area contributed by atoms with E-state index in [2.05, 4.69) is 5.10 Å². The summed E-state index contributed by atoms with van der Waals surface area (Å²) >= 11 is 0. The minimum absolute atomic E-state index is 0.484. The molecule has 0 saturated carbocycles. The molecule has 1 aromatic heterocycles. The van der Waals surface area contributed by atoms with Gasteiger partial charge in [-0.15, -0.1) is 0 Å². The lowest BCUT2D eigenvalue weighted by atomic mass is 10.0. The molecule has 0 aliphatic heterocycles. The summed E-state index contributed by atoms with van der Waals surface area (Å²) in [5, 5.41) is 4.05. The maximum absolute atomic E-state index is 12.1. The first-order valence-corrected chi connectivity index (χ1v) is 4.68. The van der Waals surface area contributed by atoms with Crippen LogP contribution in [0.2, 0.25) is 0 Å². The highest BCUT2D eigenvalue weighted by atomic mass is 19.4. The summed E-state index contributed by atoms with van der Waals surface area (Å²) < 4.78 is 37.9. The van der Waals surface area contributed by atoms with Crippen LogP contribution in [0.1, 0.15) is 30.6 Å². The summed E-state index contributed by atoms with van der Waals surface area (Å²) in [7, 11) is 1.67. The van der Waals surface area contributed by atoms with Gasteiger partial charge in [0.1, 0.15) is 0 Å². The fraction of sp³-hybridized carbons (Fsp3) is 0.667. The van der Waals surface area contributed by atoms with Gasteiger partial charge in [-0.05, 0) is 6.42 Å². The van der Waals surface area contributed by atoms with E-state index in [-0.39, 0.29) is 0 Å². The summed E-state index contributed by atoms with van der Waals surface area (Å²) in [6.07, 6.45) is -3.11. The molecule has 86 valence electrons. The second-order valence-corrected chi connectivity index (χ2v) is 3.48. The summed E-state index contributed by atoms with van der Waals surface area (Å²) in [5.41, 5.74) is 6.61. The number of halogens is 3. The van der Waals surface area contributed by atoms with Crippen LogP contribution in [0, 0.1) is 0 Å². The van der Waals surface area contributed by atoms with Crippen LogP contribution < -0.4 is 5.73 Å². The molecule has 2 N–H and O–H groups in total. The number of alkyl halides is 3. The van der Waals surface area contributed by atoms with Gasteiger partial charge in [-0.2, -0.15) is 18.3 Å². The van der Waals surface area contributed by atoms with Gasteiger partial charge in [0.05, 0.1) is 12.1 Å². The Kier molecular flexibility index (Phi) is 3.38. The Morgan fingerprint density at radius 3 is 2.60 bits per heavy atom. The van der Waals surface area contributed by atoms with Crippen LogP contribution in [-0.4, -0.2) is 16.0 Å². The number of hydrogen-bond acceptors (Lipinski definition) is 2. The molecule has 0 bridgehead atoms. The fourth-order valence-corrected chi connectivity index (χ4v) is 1.50. The van der Waals surface area contributed by atoms with Crippen LogP contribution in [0.4, 0.5) is 13.2 Å². The number of aryl methyl sites for hydroxylation is 2. The molecule has 0 amide bonds. The molecule has 1 rings (SSSR count). The van der Waals surface area contributed by atoms with Crippen molar-refractivity contribution >= 4 is 0 Å². The Balaban J connectivity index is 2.85. The molecule has 0 radical (unpaired) electrons. The van der Waals surface area contributed by atoms with Gasteiger partial charge in [-0.1, -0.05) is 6.92 Å². The van der Waals surface area contributed by atoms with Crippen molar-refractivity contribution in [1.82, 2.24) is 9.78 Å². The van der Waals surface area contributed by atoms with Gasteiger partial charge in [0.15, 0.2) is 0 Å². The van der Waals surface area contributed by atoms with E-state index in [1.54, 1.807) is 13.2 Å². The third-order valence-corrected chi connectivity index (χ3v) is 2.12. The Morgan fingerprint density at radius 1 is 1.53 bits per heavy atom. The summed E-state index contributed by atoms with van der Waals surface area (Å²) in [4.78, 5) is 0. The van der Waals surface area contributed by atoms with Gasteiger partial charge in [0, 0.05) is 24.8 Å². The molecule has 15 heavy (non-hydrogen) atoms. The summed E-state index contributed by atoms with van der Waals surface area (Å²) in [5.74, 6) is 0. The van der Waals surface area contributed by atoms with Gasteiger partial charge < -0.3 is 5.73 Å². The molecule has 6 heteroatoms. The largest absolute Gasteiger partial charge is 0.390 e. The molecular formula is C9H14F3N3. The molecule has 0 aliphatic carbocycles. The number of nitrogens with zero attached hydrogens (tertiary/aromatic N) is 2. The quantitative estimate of drug-likeness (QED) is 0.847. The molecule has 1 aromatic rings. The van der Waals surface area contributed by atoms with Gasteiger partial charge in [0.2, 0.25) is 0 Å². The van der Waals surface area contributed by atoms with Crippen LogP contribution in [-0.2, 0) is 13.5 Å². The smallest absolute Gasteiger partial charge is 0.324 e. The minimum atomic E-state index is -4.24. The maximum atomic E-state index is 12.1. The molecule has 1 atom stereocenters. The van der Waals surface area contributed by atoms with E-state index in [0.717, 1.165) is 0 Å². The van der Waals surface area contributed by atoms with Crippen molar-refractivity contribution in [3.63, 3.8) is 0 Å². The highest BCUT2D eigenvalue weighted by Crippen LogP contribution is 2.29. The molecule has 3 nitrogen and oxygen atoms in total. The zero-order valence-electron chi connectivity index (χ0n) is 8.67. The predicted octanol–water partition coefficient (Wildman–Crippen LogP) is 1.93. The Hall–Kier alpha value is -1.04. The molecule has 0 unspecified atom stereocenters. The standard InChI is InChI=1S/C9H14F3N3/c1-3-8-6(5-15(2)14-8)7(13)4-9(10,11)12/h5,7H,3-4,13H2,1-2H3/t7-/m0/s1. The molecule has 0 aliphatic rings. The number of hydrogen-bond donors (Lipinski definition) is 1. The molecule has 0 fully saturated rings. The number of rotatable bonds is 3. The monoisotopic (exact) mass is 221 g/mol. The van der Waals surface area contributed by atoms with Crippen molar-refractivity contribution in [2.45, 2.75) is 32.0 Å². The van der Waals surface area contributed by atoms with Crippen molar-refractivity contribution in [3.05, 3.63) is 17.5 Å². The maximum Gasteiger partial charge on any atom is 0.390 e. The minimum Gasteiger partial charge on any atom is -0.324 e. The van der Waals surface area contributed by atoms with Gasteiger partial charge in [-0.25, -0.2) is 0 Å². The lowest BCUT2D eigenvalue weighted by molar-refractivity contribution is -0.138. The molecule has 0 spiro atoms. The van der Waals surface area contributed by atoms with Gasteiger partial charge in [-0.3, -0.25) is 4.68 Å². The van der Waals surface area contributed by atoms with Crippen LogP contribution in [0.3, 0.4) is 0 Å². The van der Waals surface area contributed by atoms with E-state index in [9.17, 15) is 13.2 Å².